The van der Waals surface area contributed by atoms with Crippen molar-refractivity contribution < 1.29 is 17.9 Å². The topological polar surface area (TPSA) is 84.5 Å². The number of aryl methyl sites for hydroxylation is 4. The maximum atomic E-state index is 13.0. The normalized spacial score (nSPS) is 11.2. The van der Waals surface area contributed by atoms with E-state index >= 15 is 0 Å². The van der Waals surface area contributed by atoms with E-state index in [2.05, 4.69) is 10.0 Å². The van der Waals surface area contributed by atoms with Gasteiger partial charge in [-0.05, 0) is 93.1 Å². The van der Waals surface area contributed by atoms with Crippen LogP contribution >= 0.6 is 0 Å². The van der Waals surface area contributed by atoms with Gasteiger partial charge in [-0.25, -0.2) is 8.42 Å². The van der Waals surface area contributed by atoms with Crippen LogP contribution < -0.4 is 14.8 Å². The largest absolute Gasteiger partial charge is 0.494 e. The summed E-state index contributed by atoms with van der Waals surface area (Å²) < 4.78 is 34.4. The molecule has 0 saturated carbocycles. The molecule has 0 radical (unpaired) electrons. The maximum Gasteiger partial charge on any atom is 0.262 e. The minimum Gasteiger partial charge on any atom is -0.494 e. The minimum absolute atomic E-state index is 0.0871. The molecule has 7 heteroatoms. The Hall–Kier alpha value is -3.32. The fourth-order valence-electron chi connectivity index (χ4n) is 3.64. The zero-order valence-electron chi connectivity index (χ0n) is 20.1. The molecule has 34 heavy (non-hydrogen) atoms. The second-order valence-electron chi connectivity index (χ2n) is 8.29. The molecule has 0 saturated heterocycles. The standard InChI is InChI=1S/C27H32N2O4S/c1-5-33-25-11-7-6-9-22(25)10-8-16-28-27(30)23-14-12-20(3)26(18-23)34(31,32)29-24-15-13-19(2)21(4)17-24/h6-7,9,11-15,17-18,29H,5,8,10,16H2,1-4H3,(H,28,30). The molecule has 0 heterocycles. The zero-order chi connectivity index (χ0) is 24.7. The first kappa shape index (κ1) is 25.3. The van der Waals surface area contributed by atoms with E-state index in [1.54, 1.807) is 31.2 Å². The van der Waals surface area contributed by atoms with Crippen LogP contribution in [0.15, 0.2) is 65.6 Å². The number of carbonyl (C=O) groups is 1. The molecule has 0 spiro atoms. The number of hydrogen-bond donors (Lipinski definition) is 2. The number of anilines is 1. The summed E-state index contributed by atoms with van der Waals surface area (Å²) in [5.41, 5.74) is 4.54. The lowest BCUT2D eigenvalue weighted by atomic mass is 10.1. The van der Waals surface area contributed by atoms with Gasteiger partial charge in [-0.1, -0.05) is 30.3 Å². The second kappa shape index (κ2) is 11.2. The molecule has 0 bridgehead atoms. The summed E-state index contributed by atoms with van der Waals surface area (Å²) >= 11 is 0. The van der Waals surface area contributed by atoms with E-state index in [-0.39, 0.29) is 10.8 Å². The first-order valence-electron chi connectivity index (χ1n) is 11.4. The van der Waals surface area contributed by atoms with E-state index in [9.17, 15) is 13.2 Å². The highest BCUT2D eigenvalue weighted by molar-refractivity contribution is 7.92. The van der Waals surface area contributed by atoms with Crippen LogP contribution in [0.5, 0.6) is 5.75 Å². The van der Waals surface area contributed by atoms with Crippen molar-refractivity contribution in [3.8, 4) is 5.75 Å². The fourth-order valence-corrected chi connectivity index (χ4v) is 4.96. The number of hydrogen-bond acceptors (Lipinski definition) is 4. The van der Waals surface area contributed by atoms with E-state index in [1.165, 1.54) is 6.07 Å². The Kier molecular flexibility index (Phi) is 8.34. The van der Waals surface area contributed by atoms with Crippen LogP contribution in [0.1, 0.15) is 46.0 Å². The second-order valence-corrected chi connectivity index (χ2v) is 9.94. The Morgan fingerprint density at radius 3 is 2.38 bits per heavy atom. The summed E-state index contributed by atoms with van der Waals surface area (Å²) in [6.45, 7) is 8.63. The number of para-hydroxylation sites is 1. The summed E-state index contributed by atoms with van der Waals surface area (Å²) in [5, 5.41) is 2.89. The zero-order valence-corrected chi connectivity index (χ0v) is 21.0. The smallest absolute Gasteiger partial charge is 0.262 e. The van der Waals surface area contributed by atoms with Crippen molar-refractivity contribution >= 4 is 21.6 Å². The summed E-state index contributed by atoms with van der Waals surface area (Å²) in [6.07, 6.45) is 1.51. The van der Waals surface area contributed by atoms with Crippen LogP contribution in [0, 0.1) is 20.8 Å². The fraction of sp³-hybridized carbons (Fsp3) is 0.296. The molecule has 0 aliphatic carbocycles. The lowest BCUT2D eigenvalue weighted by Crippen LogP contribution is -2.25. The van der Waals surface area contributed by atoms with Crippen molar-refractivity contribution in [2.24, 2.45) is 0 Å². The van der Waals surface area contributed by atoms with Gasteiger partial charge in [0.15, 0.2) is 0 Å². The Labute approximate surface area is 202 Å². The Morgan fingerprint density at radius 1 is 0.912 bits per heavy atom. The van der Waals surface area contributed by atoms with Crippen molar-refractivity contribution in [3.05, 3.63) is 88.5 Å². The van der Waals surface area contributed by atoms with Gasteiger partial charge in [0.25, 0.3) is 15.9 Å². The van der Waals surface area contributed by atoms with Crippen LogP contribution in [0.4, 0.5) is 5.69 Å². The number of nitrogens with one attached hydrogen (secondary N) is 2. The Morgan fingerprint density at radius 2 is 1.65 bits per heavy atom. The van der Waals surface area contributed by atoms with E-state index < -0.39 is 10.0 Å². The number of sulfonamides is 1. The first-order valence-corrected chi connectivity index (χ1v) is 12.9. The third-order valence-corrected chi connectivity index (χ3v) is 7.20. The highest BCUT2D eigenvalue weighted by atomic mass is 32.2. The molecule has 2 N–H and O–H groups in total. The van der Waals surface area contributed by atoms with E-state index in [1.807, 2.05) is 51.1 Å². The quantitative estimate of drug-likeness (QED) is 0.392. The van der Waals surface area contributed by atoms with Crippen molar-refractivity contribution in [1.82, 2.24) is 5.32 Å². The molecule has 0 aliphatic heterocycles. The molecule has 0 aromatic heterocycles. The van der Waals surface area contributed by atoms with E-state index in [0.29, 0.717) is 30.0 Å². The highest BCUT2D eigenvalue weighted by Crippen LogP contribution is 2.23. The lowest BCUT2D eigenvalue weighted by Gasteiger charge is -2.13. The van der Waals surface area contributed by atoms with Crippen LogP contribution in [-0.4, -0.2) is 27.5 Å². The summed E-state index contributed by atoms with van der Waals surface area (Å²) in [7, 11) is -3.84. The molecule has 6 nitrogen and oxygen atoms in total. The molecule has 0 fully saturated rings. The van der Waals surface area contributed by atoms with Gasteiger partial charge in [-0.3, -0.25) is 9.52 Å². The summed E-state index contributed by atoms with van der Waals surface area (Å²) in [4.78, 5) is 12.8. The van der Waals surface area contributed by atoms with Crippen LogP contribution in [0.3, 0.4) is 0 Å². The van der Waals surface area contributed by atoms with Gasteiger partial charge in [-0.2, -0.15) is 0 Å². The lowest BCUT2D eigenvalue weighted by molar-refractivity contribution is 0.0953. The number of benzene rings is 3. The molecule has 3 aromatic carbocycles. The third-order valence-electron chi connectivity index (χ3n) is 5.68. The van der Waals surface area contributed by atoms with E-state index in [0.717, 1.165) is 35.3 Å². The third kappa shape index (κ3) is 6.38. The SMILES string of the molecule is CCOc1ccccc1CCCNC(=O)c1ccc(C)c(S(=O)(=O)Nc2ccc(C)c(C)c2)c1. The Balaban J connectivity index is 1.65. The van der Waals surface area contributed by atoms with Crippen LogP contribution in [0.2, 0.25) is 0 Å². The average Bonchev–Trinajstić information content (AvgIpc) is 2.80. The molecule has 1 amide bonds. The average molecular weight is 481 g/mol. The minimum atomic E-state index is -3.84. The van der Waals surface area contributed by atoms with Crippen molar-refractivity contribution in [2.75, 3.05) is 17.9 Å². The summed E-state index contributed by atoms with van der Waals surface area (Å²) in [5.74, 6) is 0.557. The molecule has 0 aliphatic rings. The monoisotopic (exact) mass is 480 g/mol. The van der Waals surface area contributed by atoms with Crippen LogP contribution in [0.25, 0.3) is 0 Å². The molecule has 3 aromatic rings. The van der Waals surface area contributed by atoms with Crippen molar-refractivity contribution in [3.63, 3.8) is 0 Å². The number of carbonyl (C=O) groups excluding carboxylic acids is 1. The number of rotatable bonds is 10. The molecule has 0 unspecified atom stereocenters. The maximum absolute atomic E-state index is 13.0. The molecular formula is C27H32N2O4S. The van der Waals surface area contributed by atoms with Gasteiger partial charge in [0, 0.05) is 17.8 Å². The van der Waals surface area contributed by atoms with Gasteiger partial charge < -0.3 is 10.1 Å². The molecule has 180 valence electrons. The van der Waals surface area contributed by atoms with Gasteiger partial charge in [0.2, 0.25) is 0 Å². The van der Waals surface area contributed by atoms with Gasteiger partial charge in [0.1, 0.15) is 5.75 Å². The predicted octanol–water partition coefficient (Wildman–Crippen LogP) is 5.17. The molecular weight excluding hydrogens is 448 g/mol. The van der Waals surface area contributed by atoms with E-state index in [4.69, 9.17) is 4.74 Å². The number of amides is 1. The van der Waals surface area contributed by atoms with Crippen molar-refractivity contribution in [1.29, 1.82) is 0 Å². The van der Waals surface area contributed by atoms with Gasteiger partial charge >= 0.3 is 0 Å². The Bertz CT molecular complexity index is 1270. The van der Waals surface area contributed by atoms with Gasteiger partial charge in [-0.15, -0.1) is 0 Å². The van der Waals surface area contributed by atoms with Crippen molar-refractivity contribution in [2.45, 2.75) is 45.4 Å². The first-order chi connectivity index (χ1) is 16.2. The number of ether oxygens (including phenoxy) is 1. The molecule has 0 atom stereocenters. The van der Waals surface area contributed by atoms with Gasteiger partial charge in [0.05, 0.1) is 11.5 Å². The predicted molar refractivity (Wildman–Crippen MR) is 136 cm³/mol. The molecule has 3 rings (SSSR count). The van der Waals surface area contributed by atoms with Crippen LogP contribution in [-0.2, 0) is 16.4 Å². The summed E-state index contributed by atoms with van der Waals surface area (Å²) in [6, 6.07) is 18.0. The highest BCUT2D eigenvalue weighted by Gasteiger charge is 2.19.